The first kappa shape index (κ1) is 9.62. The summed E-state index contributed by atoms with van der Waals surface area (Å²) in [7, 11) is 0. The smallest absolute Gasteiger partial charge is 0.0543 e. The minimum absolute atomic E-state index is 0.00518. The SMILES string of the molecule is CC1(N)CCN(Cc2ccccn2)C1. The summed E-state index contributed by atoms with van der Waals surface area (Å²) in [6.45, 7) is 5.10. The molecule has 0 aromatic carbocycles. The van der Waals surface area contributed by atoms with Crippen molar-refractivity contribution in [1.82, 2.24) is 9.88 Å². The van der Waals surface area contributed by atoms with E-state index in [1.165, 1.54) is 0 Å². The Hall–Kier alpha value is -0.930. The lowest BCUT2D eigenvalue weighted by Gasteiger charge is -2.19. The third kappa shape index (κ3) is 2.30. The van der Waals surface area contributed by atoms with E-state index in [1.54, 1.807) is 0 Å². The van der Waals surface area contributed by atoms with Crippen LogP contribution in [0.5, 0.6) is 0 Å². The number of hydrogen-bond acceptors (Lipinski definition) is 3. The van der Waals surface area contributed by atoms with Gasteiger partial charge in [0.15, 0.2) is 0 Å². The van der Waals surface area contributed by atoms with Gasteiger partial charge in [0, 0.05) is 31.4 Å². The van der Waals surface area contributed by atoms with Crippen LogP contribution in [0.4, 0.5) is 0 Å². The number of nitrogens with two attached hydrogens (primary N) is 1. The molecule has 2 heterocycles. The van der Waals surface area contributed by atoms with E-state index in [0.717, 1.165) is 31.7 Å². The molecule has 1 aliphatic rings. The Morgan fingerprint density at radius 3 is 3.00 bits per heavy atom. The predicted octanol–water partition coefficient (Wildman–Crippen LogP) is 1.00. The highest BCUT2D eigenvalue weighted by Gasteiger charge is 2.29. The number of nitrogens with zero attached hydrogens (tertiary/aromatic N) is 2. The van der Waals surface area contributed by atoms with Crippen LogP contribution < -0.4 is 5.73 Å². The first-order valence-corrected chi connectivity index (χ1v) is 5.07. The lowest BCUT2D eigenvalue weighted by molar-refractivity contribution is 0.306. The van der Waals surface area contributed by atoms with Crippen LogP contribution in [0.15, 0.2) is 24.4 Å². The molecule has 1 fully saturated rings. The minimum Gasteiger partial charge on any atom is -0.324 e. The van der Waals surface area contributed by atoms with Gasteiger partial charge in [0.2, 0.25) is 0 Å². The van der Waals surface area contributed by atoms with Crippen LogP contribution in [0.3, 0.4) is 0 Å². The molecule has 76 valence electrons. The zero-order valence-corrected chi connectivity index (χ0v) is 8.61. The van der Waals surface area contributed by atoms with Gasteiger partial charge >= 0.3 is 0 Å². The lowest BCUT2D eigenvalue weighted by Crippen LogP contribution is -2.39. The van der Waals surface area contributed by atoms with E-state index in [0.29, 0.717) is 0 Å². The van der Waals surface area contributed by atoms with E-state index in [4.69, 9.17) is 5.73 Å². The maximum absolute atomic E-state index is 6.06. The average molecular weight is 191 g/mol. The van der Waals surface area contributed by atoms with Gasteiger partial charge in [-0.2, -0.15) is 0 Å². The van der Waals surface area contributed by atoms with Crippen molar-refractivity contribution in [1.29, 1.82) is 0 Å². The summed E-state index contributed by atoms with van der Waals surface area (Å²) in [6.07, 6.45) is 2.92. The molecule has 1 saturated heterocycles. The molecule has 1 aliphatic heterocycles. The molecule has 0 aliphatic carbocycles. The molecular weight excluding hydrogens is 174 g/mol. The Labute approximate surface area is 84.9 Å². The quantitative estimate of drug-likeness (QED) is 0.758. The topological polar surface area (TPSA) is 42.1 Å². The third-order valence-electron chi connectivity index (χ3n) is 2.70. The second kappa shape index (κ2) is 3.67. The number of likely N-dealkylation sites (tertiary alicyclic amines) is 1. The molecule has 0 amide bonds. The second-order valence-electron chi connectivity index (χ2n) is 4.44. The molecule has 0 bridgehead atoms. The highest BCUT2D eigenvalue weighted by molar-refractivity contribution is 5.04. The molecule has 1 unspecified atom stereocenters. The van der Waals surface area contributed by atoms with Gasteiger partial charge in [-0.15, -0.1) is 0 Å². The molecule has 0 saturated carbocycles. The normalized spacial score (nSPS) is 28.1. The summed E-state index contributed by atoms with van der Waals surface area (Å²) in [6, 6.07) is 6.03. The van der Waals surface area contributed by atoms with Crippen molar-refractivity contribution in [2.24, 2.45) is 5.73 Å². The largest absolute Gasteiger partial charge is 0.324 e. The van der Waals surface area contributed by atoms with Crippen molar-refractivity contribution in [2.45, 2.75) is 25.4 Å². The average Bonchev–Trinajstić information content (AvgIpc) is 2.47. The molecule has 3 nitrogen and oxygen atoms in total. The van der Waals surface area contributed by atoms with Crippen molar-refractivity contribution >= 4 is 0 Å². The van der Waals surface area contributed by atoms with Gasteiger partial charge in [0.05, 0.1) is 5.69 Å². The van der Waals surface area contributed by atoms with E-state index < -0.39 is 0 Å². The van der Waals surface area contributed by atoms with Gasteiger partial charge in [0.25, 0.3) is 0 Å². The monoisotopic (exact) mass is 191 g/mol. The van der Waals surface area contributed by atoms with Crippen LogP contribution in [0, 0.1) is 0 Å². The molecule has 1 aromatic rings. The van der Waals surface area contributed by atoms with Crippen molar-refractivity contribution < 1.29 is 0 Å². The van der Waals surface area contributed by atoms with Crippen molar-refractivity contribution in [3.63, 3.8) is 0 Å². The molecule has 14 heavy (non-hydrogen) atoms. The highest BCUT2D eigenvalue weighted by atomic mass is 15.2. The van der Waals surface area contributed by atoms with Gasteiger partial charge in [-0.3, -0.25) is 9.88 Å². The van der Waals surface area contributed by atoms with Crippen LogP contribution in [0.25, 0.3) is 0 Å². The first-order chi connectivity index (χ1) is 6.66. The molecule has 3 heteroatoms. The second-order valence-corrected chi connectivity index (χ2v) is 4.44. The fourth-order valence-corrected chi connectivity index (χ4v) is 1.94. The van der Waals surface area contributed by atoms with Crippen LogP contribution in [-0.2, 0) is 6.54 Å². The lowest BCUT2D eigenvalue weighted by atomic mass is 10.0. The van der Waals surface area contributed by atoms with E-state index >= 15 is 0 Å². The fraction of sp³-hybridized carbons (Fsp3) is 0.545. The summed E-state index contributed by atoms with van der Waals surface area (Å²) in [5, 5.41) is 0. The first-order valence-electron chi connectivity index (χ1n) is 5.07. The Morgan fingerprint density at radius 1 is 1.57 bits per heavy atom. The third-order valence-corrected chi connectivity index (χ3v) is 2.70. The summed E-state index contributed by atoms with van der Waals surface area (Å²) in [4.78, 5) is 6.67. The van der Waals surface area contributed by atoms with E-state index in [9.17, 15) is 0 Å². The molecule has 1 aromatic heterocycles. The molecule has 0 radical (unpaired) electrons. The molecule has 0 spiro atoms. The molecular formula is C11H17N3. The fourth-order valence-electron chi connectivity index (χ4n) is 1.94. The molecule has 1 atom stereocenters. The van der Waals surface area contributed by atoms with E-state index in [-0.39, 0.29) is 5.54 Å². The van der Waals surface area contributed by atoms with Crippen molar-refractivity contribution in [3.8, 4) is 0 Å². The number of hydrogen-bond donors (Lipinski definition) is 1. The van der Waals surface area contributed by atoms with Crippen molar-refractivity contribution in [2.75, 3.05) is 13.1 Å². The summed E-state index contributed by atoms with van der Waals surface area (Å²) >= 11 is 0. The minimum atomic E-state index is -0.00518. The van der Waals surface area contributed by atoms with Gasteiger partial charge < -0.3 is 5.73 Å². The maximum atomic E-state index is 6.06. The Bertz CT molecular complexity index is 295. The van der Waals surface area contributed by atoms with Gasteiger partial charge in [-0.25, -0.2) is 0 Å². The zero-order chi connectivity index (χ0) is 10.0. The Morgan fingerprint density at radius 2 is 2.43 bits per heavy atom. The van der Waals surface area contributed by atoms with Gasteiger partial charge in [-0.05, 0) is 25.5 Å². The predicted molar refractivity (Wildman–Crippen MR) is 56.7 cm³/mol. The Balaban J connectivity index is 1.94. The van der Waals surface area contributed by atoms with Gasteiger partial charge in [-0.1, -0.05) is 6.07 Å². The van der Waals surface area contributed by atoms with E-state index in [1.807, 2.05) is 18.3 Å². The van der Waals surface area contributed by atoms with Gasteiger partial charge in [0.1, 0.15) is 0 Å². The van der Waals surface area contributed by atoms with Crippen LogP contribution in [0.2, 0.25) is 0 Å². The maximum Gasteiger partial charge on any atom is 0.0543 e. The van der Waals surface area contributed by atoms with Crippen LogP contribution in [0.1, 0.15) is 19.0 Å². The van der Waals surface area contributed by atoms with E-state index in [2.05, 4.69) is 22.9 Å². The summed E-state index contributed by atoms with van der Waals surface area (Å²) in [5.41, 5.74) is 7.18. The van der Waals surface area contributed by atoms with Crippen LogP contribution in [-0.4, -0.2) is 28.5 Å². The zero-order valence-electron chi connectivity index (χ0n) is 8.61. The molecule has 2 rings (SSSR count). The van der Waals surface area contributed by atoms with Crippen LogP contribution >= 0.6 is 0 Å². The van der Waals surface area contributed by atoms with Crippen molar-refractivity contribution in [3.05, 3.63) is 30.1 Å². The summed E-state index contributed by atoms with van der Waals surface area (Å²) in [5.74, 6) is 0. The summed E-state index contributed by atoms with van der Waals surface area (Å²) < 4.78 is 0. The highest BCUT2D eigenvalue weighted by Crippen LogP contribution is 2.19. The molecule has 2 N–H and O–H groups in total. The number of rotatable bonds is 2. The number of pyridine rings is 1. The Kier molecular flexibility index (Phi) is 2.52. The number of aromatic nitrogens is 1. The standard InChI is InChI=1S/C11H17N3/c1-11(12)5-7-14(9-11)8-10-4-2-3-6-13-10/h2-4,6H,5,7-9,12H2,1H3.